The highest BCUT2D eigenvalue weighted by molar-refractivity contribution is 5.74. The quantitative estimate of drug-likeness (QED) is 0.717. The zero-order chi connectivity index (χ0) is 9.80. The van der Waals surface area contributed by atoms with Gasteiger partial charge in [0.25, 0.3) is 0 Å². The van der Waals surface area contributed by atoms with Crippen LogP contribution in [0.4, 0.5) is 0 Å². The first-order chi connectivity index (χ1) is 6.90. The van der Waals surface area contributed by atoms with E-state index in [9.17, 15) is 0 Å². The summed E-state index contributed by atoms with van der Waals surface area (Å²) < 4.78 is 0. The molecule has 0 atom stereocenters. The van der Waals surface area contributed by atoms with E-state index in [2.05, 4.69) is 39.8 Å². The molecule has 0 unspecified atom stereocenters. The predicted molar refractivity (Wildman–Crippen MR) is 55.9 cm³/mol. The lowest BCUT2D eigenvalue weighted by molar-refractivity contribution is 0.676. The van der Waals surface area contributed by atoms with Gasteiger partial charge in [0, 0.05) is 6.54 Å². The summed E-state index contributed by atoms with van der Waals surface area (Å²) in [5, 5.41) is 14.0. The number of aromatic nitrogens is 3. The highest BCUT2D eigenvalue weighted by Crippen LogP contribution is 2.09. The van der Waals surface area contributed by atoms with Crippen molar-refractivity contribution in [2.24, 2.45) is 0 Å². The Balaban J connectivity index is 2.10. The van der Waals surface area contributed by atoms with Crippen LogP contribution in [-0.4, -0.2) is 22.0 Å². The van der Waals surface area contributed by atoms with Crippen molar-refractivity contribution in [2.45, 2.75) is 19.9 Å². The van der Waals surface area contributed by atoms with Gasteiger partial charge < -0.3 is 5.32 Å². The van der Waals surface area contributed by atoms with E-state index in [0.29, 0.717) is 0 Å². The minimum absolute atomic E-state index is 0.899. The van der Waals surface area contributed by atoms with Crippen LogP contribution in [0, 0.1) is 0 Å². The fraction of sp³-hybridized carbons (Fsp3) is 0.400. The molecule has 1 aromatic heterocycles. The van der Waals surface area contributed by atoms with Crippen molar-refractivity contribution < 1.29 is 0 Å². The summed E-state index contributed by atoms with van der Waals surface area (Å²) in [7, 11) is 0. The summed E-state index contributed by atoms with van der Waals surface area (Å²) in [4.78, 5) is 0. The molecule has 0 saturated heterocycles. The first-order valence-electron chi connectivity index (χ1n) is 4.90. The number of aromatic amines is 1. The molecule has 0 radical (unpaired) electrons. The predicted octanol–water partition coefficient (Wildman–Crippen LogP) is 1.46. The maximum absolute atomic E-state index is 4.04. The Hall–Kier alpha value is -1.42. The lowest BCUT2D eigenvalue weighted by atomic mass is 10.2. The standard InChI is InChI=1S/C10H14N4/c1-2-5-11-7-8-3-4-9-10(6-8)13-14-12-9/h3-4,6,11H,2,5,7H2,1H3,(H,12,13,14). The molecule has 14 heavy (non-hydrogen) atoms. The molecule has 0 spiro atoms. The molecule has 0 saturated carbocycles. The highest BCUT2D eigenvalue weighted by atomic mass is 15.3. The summed E-state index contributed by atoms with van der Waals surface area (Å²) >= 11 is 0. The Bertz CT molecular complexity index is 407. The summed E-state index contributed by atoms with van der Waals surface area (Å²) in [6.07, 6.45) is 1.16. The van der Waals surface area contributed by atoms with Crippen LogP contribution >= 0.6 is 0 Å². The van der Waals surface area contributed by atoms with E-state index in [1.807, 2.05) is 6.07 Å². The molecule has 1 aromatic carbocycles. The van der Waals surface area contributed by atoms with Crippen LogP contribution < -0.4 is 5.32 Å². The van der Waals surface area contributed by atoms with Crippen LogP contribution in [0.2, 0.25) is 0 Å². The van der Waals surface area contributed by atoms with E-state index >= 15 is 0 Å². The van der Waals surface area contributed by atoms with Gasteiger partial charge in [-0.05, 0) is 30.7 Å². The zero-order valence-corrected chi connectivity index (χ0v) is 8.25. The maximum atomic E-state index is 4.04. The number of fused-ring (bicyclic) bond motifs is 1. The number of hydrogen-bond acceptors (Lipinski definition) is 3. The van der Waals surface area contributed by atoms with Gasteiger partial charge >= 0.3 is 0 Å². The molecule has 0 amide bonds. The minimum Gasteiger partial charge on any atom is -0.313 e. The maximum Gasteiger partial charge on any atom is 0.113 e. The molecule has 0 aliphatic heterocycles. The first-order valence-corrected chi connectivity index (χ1v) is 4.90. The molecule has 74 valence electrons. The van der Waals surface area contributed by atoms with Crippen molar-refractivity contribution >= 4 is 11.0 Å². The average molecular weight is 190 g/mol. The molecule has 2 rings (SSSR count). The van der Waals surface area contributed by atoms with E-state index < -0.39 is 0 Å². The summed E-state index contributed by atoms with van der Waals surface area (Å²) in [6.45, 7) is 4.11. The number of nitrogens with zero attached hydrogens (tertiary/aromatic N) is 2. The molecule has 0 bridgehead atoms. The van der Waals surface area contributed by atoms with Crippen LogP contribution in [0.1, 0.15) is 18.9 Å². The van der Waals surface area contributed by atoms with Gasteiger partial charge in [0.1, 0.15) is 11.0 Å². The van der Waals surface area contributed by atoms with E-state index in [-0.39, 0.29) is 0 Å². The molecule has 0 aliphatic carbocycles. The number of benzene rings is 1. The van der Waals surface area contributed by atoms with E-state index in [1.54, 1.807) is 0 Å². The van der Waals surface area contributed by atoms with Crippen molar-refractivity contribution in [2.75, 3.05) is 6.54 Å². The monoisotopic (exact) mass is 190 g/mol. The van der Waals surface area contributed by atoms with Crippen LogP contribution in [-0.2, 0) is 6.54 Å². The van der Waals surface area contributed by atoms with Crippen molar-refractivity contribution in [1.29, 1.82) is 0 Å². The van der Waals surface area contributed by atoms with E-state index in [4.69, 9.17) is 0 Å². The molecule has 2 aromatic rings. The molecule has 1 heterocycles. The second kappa shape index (κ2) is 4.19. The van der Waals surface area contributed by atoms with Crippen molar-refractivity contribution in [3.8, 4) is 0 Å². The molecule has 2 N–H and O–H groups in total. The third-order valence-electron chi connectivity index (χ3n) is 2.14. The first kappa shape index (κ1) is 9.15. The molecule has 4 heteroatoms. The number of rotatable bonds is 4. The van der Waals surface area contributed by atoms with Gasteiger partial charge in [0.2, 0.25) is 0 Å². The Morgan fingerprint density at radius 3 is 3.00 bits per heavy atom. The van der Waals surface area contributed by atoms with E-state index in [1.165, 1.54) is 5.56 Å². The average Bonchev–Trinajstić information content (AvgIpc) is 2.65. The number of nitrogens with one attached hydrogen (secondary N) is 2. The van der Waals surface area contributed by atoms with Gasteiger partial charge in [-0.1, -0.05) is 13.0 Å². The fourth-order valence-electron chi connectivity index (χ4n) is 1.41. The van der Waals surface area contributed by atoms with Gasteiger partial charge in [0.05, 0.1) is 0 Å². The fourth-order valence-corrected chi connectivity index (χ4v) is 1.41. The minimum atomic E-state index is 0.899. The highest BCUT2D eigenvalue weighted by Gasteiger charge is 1.98. The van der Waals surface area contributed by atoms with Crippen molar-refractivity contribution in [1.82, 2.24) is 20.7 Å². The topological polar surface area (TPSA) is 53.6 Å². The molecular weight excluding hydrogens is 176 g/mol. The van der Waals surface area contributed by atoms with Gasteiger partial charge in [-0.25, -0.2) is 0 Å². The Labute approximate surface area is 82.7 Å². The lowest BCUT2D eigenvalue weighted by Gasteiger charge is -2.02. The van der Waals surface area contributed by atoms with Crippen LogP contribution in [0.3, 0.4) is 0 Å². The van der Waals surface area contributed by atoms with Crippen LogP contribution in [0.5, 0.6) is 0 Å². The Kier molecular flexibility index (Phi) is 2.74. The molecule has 0 fully saturated rings. The van der Waals surface area contributed by atoms with Crippen LogP contribution in [0.15, 0.2) is 18.2 Å². The summed E-state index contributed by atoms with van der Waals surface area (Å²) in [6, 6.07) is 6.12. The second-order valence-corrected chi connectivity index (χ2v) is 3.32. The molecule has 4 nitrogen and oxygen atoms in total. The third kappa shape index (κ3) is 1.90. The summed E-state index contributed by atoms with van der Waals surface area (Å²) in [5.74, 6) is 0. The van der Waals surface area contributed by atoms with Crippen LogP contribution in [0.25, 0.3) is 11.0 Å². The molecule has 0 aliphatic rings. The normalized spacial score (nSPS) is 10.9. The van der Waals surface area contributed by atoms with Gasteiger partial charge in [-0.2, -0.15) is 15.4 Å². The number of hydrogen-bond donors (Lipinski definition) is 2. The zero-order valence-electron chi connectivity index (χ0n) is 8.25. The summed E-state index contributed by atoms with van der Waals surface area (Å²) in [5.41, 5.74) is 3.10. The molecular formula is C10H14N4. The smallest absolute Gasteiger partial charge is 0.113 e. The Morgan fingerprint density at radius 1 is 1.29 bits per heavy atom. The van der Waals surface area contributed by atoms with Crippen molar-refractivity contribution in [3.05, 3.63) is 23.8 Å². The number of H-pyrrole nitrogens is 1. The second-order valence-electron chi connectivity index (χ2n) is 3.32. The van der Waals surface area contributed by atoms with Crippen molar-refractivity contribution in [3.63, 3.8) is 0 Å². The third-order valence-corrected chi connectivity index (χ3v) is 2.14. The SMILES string of the molecule is CCCNCc1ccc2n[nH]nc2c1. The van der Waals surface area contributed by atoms with Gasteiger partial charge in [0.15, 0.2) is 0 Å². The largest absolute Gasteiger partial charge is 0.313 e. The Morgan fingerprint density at radius 2 is 2.14 bits per heavy atom. The van der Waals surface area contributed by atoms with Gasteiger partial charge in [-0.3, -0.25) is 0 Å². The lowest BCUT2D eigenvalue weighted by Crippen LogP contribution is -2.13. The van der Waals surface area contributed by atoms with Gasteiger partial charge in [-0.15, -0.1) is 0 Å². The van der Waals surface area contributed by atoms with E-state index in [0.717, 1.165) is 30.5 Å².